The Morgan fingerprint density at radius 1 is 1.40 bits per heavy atom. The first-order valence-electron chi connectivity index (χ1n) is 4.56. The van der Waals surface area contributed by atoms with Gasteiger partial charge in [-0.2, -0.15) is 0 Å². The number of hydrogen-bond donors (Lipinski definition) is 1. The minimum absolute atomic E-state index is 0.0947. The van der Waals surface area contributed by atoms with Gasteiger partial charge in [0.15, 0.2) is 0 Å². The minimum Gasteiger partial charge on any atom is -0.481 e. The number of halogens is 2. The highest BCUT2D eigenvalue weighted by molar-refractivity contribution is 5.78. The minimum atomic E-state index is -0.988. The van der Waals surface area contributed by atoms with Crippen LogP contribution in [0.1, 0.15) is 18.4 Å². The third kappa shape index (κ3) is 1.69. The van der Waals surface area contributed by atoms with Crippen LogP contribution in [0.4, 0.5) is 8.78 Å². The van der Waals surface area contributed by atoms with Crippen molar-refractivity contribution in [2.45, 2.75) is 19.3 Å². The molecule has 1 saturated carbocycles. The fourth-order valence-electron chi connectivity index (χ4n) is 1.56. The molecular formula is C10H9F2NO2. The Balaban J connectivity index is 2.29. The predicted molar refractivity (Wildman–Crippen MR) is 47.2 cm³/mol. The van der Waals surface area contributed by atoms with Crippen molar-refractivity contribution in [1.82, 2.24) is 4.98 Å². The summed E-state index contributed by atoms with van der Waals surface area (Å²) in [4.78, 5) is 14.2. The van der Waals surface area contributed by atoms with Gasteiger partial charge in [-0.1, -0.05) is 0 Å². The summed E-state index contributed by atoms with van der Waals surface area (Å²) in [6.45, 7) is 0. The van der Waals surface area contributed by atoms with Gasteiger partial charge in [-0.3, -0.25) is 9.78 Å². The maximum absolute atomic E-state index is 13.2. The van der Waals surface area contributed by atoms with E-state index in [2.05, 4.69) is 4.98 Å². The topological polar surface area (TPSA) is 50.2 Å². The monoisotopic (exact) mass is 213 g/mol. The number of carbonyl (C=O) groups is 1. The lowest BCUT2D eigenvalue weighted by Gasteiger charge is -2.10. The Kier molecular flexibility index (Phi) is 2.17. The summed E-state index contributed by atoms with van der Waals surface area (Å²) in [7, 11) is 0. The van der Waals surface area contributed by atoms with Gasteiger partial charge >= 0.3 is 5.97 Å². The van der Waals surface area contributed by atoms with Crippen molar-refractivity contribution in [1.29, 1.82) is 0 Å². The molecule has 0 spiro atoms. The number of hydrogen-bond acceptors (Lipinski definition) is 2. The molecule has 5 heteroatoms. The molecule has 0 radical (unpaired) electrons. The summed E-state index contributed by atoms with van der Waals surface area (Å²) < 4.78 is 26.4. The maximum Gasteiger partial charge on any atom is 0.309 e. The molecule has 3 nitrogen and oxygen atoms in total. The van der Waals surface area contributed by atoms with E-state index in [0.717, 1.165) is 12.4 Å². The first-order chi connectivity index (χ1) is 7.05. The van der Waals surface area contributed by atoms with Gasteiger partial charge in [0.25, 0.3) is 0 Å². The van der Waals surface area contributed by atoms with Crippen LogP contribution in [0.5, 0.6) is 0 Å². The molecule has 0 bridgehead atoms. The van der Waals surface area contributed by atoms with E-state index in [4.69, 9.17) is 5.11 Å². The van der Waals surface area contributed by atoms with Gasteiger partial charge in [0.2, 0.25) is 0 Å². The Labute approximate surface area is 84.8 Å². The number of aromatic nitrogens is 1. The van der Waals surface area contributed by atoms with Crippen LogP contribution in [0.2, 0.25) is 0 Å². The van der Waals surface area contributed by atoms with E-state index in [-0.39, 0.29) is 12.0 Å². The highest BCUT2D eigenvalue weighted by atomic mass is 19.1. The lowest BCUT2D eigenvalue weighted by molar-refractivity contribution is -0.143. The maximum atomic E-state index is 13.2. The fourth-order valence-corrected chi connectivity index (χ4v) is 1.56. The van der Waals surface area contributed by atoms with Crippen LogP contribution in [-0.2, 0) is 11.2 Å². The molecule has 0 aliphatic heterocycles. The third-order valence-corrected chi connectivity index (χ3v) is 2.77. The van der Waals surface area contributed by atoms with E-state index in [1.165, 1.54) is 0 Å². The van der Waals surface area contributed by atoms with Gasteiger partial charge in [0, 0.05) is 5.56 Å². The zero-order valence-corrected chi connectivity index (χ0v) is 7.83. The van der Waals surface area contributed by atoms with Gasteiger partial charge in [0.05, 0.1) is 17.8 Å². The molecule has 0 saturated heterocycles. The predicted octanol–water partition coefficient (Wildman–Crippen LogP) is 1.77. The third-order valence-electron chi connectivity index (χ3n) is 2.77. The molecular weight excluding hydrogens is 204 g/mol. The number of carboxylic acid groups (broad SMARTS) is 1. The van der Waals surface area contributed by atoms with Crippen molar-refractivity contribution in [2.75, 3.05) is 0 Å². The van der Waals surface area contributed by atoms with E-state index in [9.17, 15) is 13.6 Å². The largest absolute Gasteiger partial charge is 0.481 e. The van der Waals surface area contributed by atoms with Crippen molar-refractivity contribution < 1.29 is 18.7 Å². The summed E-state index contributed by atoms with van der Waals surface area (Å²) in [6, 6.07) is 0. The molecule has 2 rings (SSSR count). The molecule has 1 aromatic heterocycles. The van der Waals surface area contributed by atoms with Gasteiger partial charge in [0.1, 0.15) is 11.6 Å². The second kappa shape index (κ2) is 3.25. The summed E-state index contributed by atoms with van der Waals surface area (Å²) in [5.74, 6) is -2.54. The molecule has 1 heterocycles. The molecule has 80 valence electrons. The number of carboxylic acids is 1. The lowest BCUT2D eigenvalue weighted by Crippen LogP contribution is -2.19. The smallest absolute Gasteiger partial charge is 0.309 e. The Bertz CT molecular complexity index is 396. The van der Waals surface area contributed by atoms with Crippen LogP contribution >= 0.6 is 0 Å². The van der Waals surface area contributed by atoms with Crippen LogP contribution < -0.4 is 0 Å². The van der Waals surface area contributed by atoms with Gasteiger partial charge in [-0.05, 0) is 19.3 Å². The van der Waals surface area contributed by atoms with Crippen LogP contribution in [-0.4, -0.2) is 16.1 Å². The van der Waals surface area contributed by atoms with Crippen molar-refractivity contribution in [2.24, 2.45) is 5.41 Å². The molecule has 0 unspecified atom stereocenters. The first-order valence-corrected chi connectivity index (χ1v) is 4.56. The van der Waals surface area contributed by atoms with Crippen LogP contribution in [0.25, 0.3) is 0 Å². The molecule has 1 aliphatic carbocycles. The quantitative estimate of drug-likeness (QED) is 0.832. The summed E-state index contributed by atoms with van der Waals surface area (Å²) in [6.07, 6.45) is 2.66. The van der Waals surface area contributed by atoms with Crippen molar-refractivity contribution in [3.05, 3.63) is 29.6 Å². The molecule has 15 heavy (non-hydrogen) atoms. The van der Waals surface area contributed by atoms with Gasteiger partial charge in [-0.15, -0.1) is 0 Å². The Morgan fingerprint density at radius 3 is 2.33 bits per heavy atom. The Morgan fingerprint density at radius 2 is 1.93 bits per heavy atom. The Hall–Kier alpha value is -1.52. The zero-order valence-electron chi connectivity index (χ0n) is 7.83. The number of nitrogens with zero attached hydrogens (tertiary/aromatic N) is 1. The van der Waals surface area contributed by atoms with Crippen molar-refractivity contribution >= 4 is 5.97 Å². The molecule has 0 aromatic carbocycles. The normalized spacial score (nSPS) is 17.5. The molecule has 1 aliphatic rings. The van der Waals surface area contributed by atoms with Crippen LogP contribution in [0.3, 0.4) is 0 Å². The van der Waals surface area contributed by atoms with Crippen molar-refractivity contribution in [3.63, 3.8) is 0 Å². The lowest BCUT2D eigenvalue weighted by atomic mass is 9.97. The number of aliphatic carboxylic acids is 1. The summed E-state index contributed by atoms with van der Waals surface area (Å²) in [5, 5.41) is 8.89. The number of pyridine rings is 1. The van der Waals surface area contributed by atoms with Gasteiger partial charge < -0.3 is 5.11 Å². The van der Waals surface area contributed by atoms with Crippen LogP contribution in [0, 0.1) is 17.0 Å². The van der Waals surface area contributed by atoms with E-state index < -0.39 is 23.0 Å². The SMILES string of the molecule is O=C(O)C1(Cc2c(F)cncc2F)CC1. The van der Waals surface area contributed by atoms with Crippen LogP contribution in [0.15, 0.2) is 12.4 Å². The zero-order chi connectivity index (χ0) is 11.1. The van der Waals surface area contributed by atoms with E-state index >= 15 is 0 Å². The molecule has 1 fully saturated rings. The molecule has 1 N–H and O–H groups in total. The first kappa shape index (κ1) is 10.0. The average Bonchev–Trinajstić information content (AvgIpc) is 2.93. The molecule has 0 atom stereocenters. The van der Waals surface area contributed by atoms with E-state index in [1.807, 2.05) is 0 Å². The van der Waals surface area contributed by atoms with Gasteiger partial charge in [-0.25, -0.2) is 8.78 Å². The average molecular weight is 213 g/mol. The van der Waals surface area contributed by atoms with Crippen molar-refractivity contribution in [3.8, 4) is 0 Å². The highest BCUT2D eigenvalue weighted by Gasteiger charge is 2.50. The summed E-state index contributed by atoms with van der Waals surface area (Å²) in [5.41, 5.74) is -1.13. The highest BCUT2D eigenvalue weighted by Crippen LogP contribution is 2.49. The standard InChI is InChI=1S/C10H9F2NO2/c11-7-4-13-5-8(12)6(7)3-10(1-2-10)9(14)15/h4-5H,1-3H2,(H,14,15). The van der Waals surface area contributed by atoms with E-state index in [1.54, 1.807) is 0 Å². The molecule has 0 amide bonds. The van der Waals surface area contributed by atoms with E-state index in [0.29, 0.717) is 12.8 Å². The second-order valence-corrected chi connectivity index (χ2v) is 3.84. The fraction of sp³-hybridized carbons (Fsp3) is 0.400. The second-order valence-electron chi connectivity index (χ2n) is 3.84. The number of rotatable bonds is 3. The summed E-state index contributed by atoms with van der Waals surface area (Å²) >= 11 is 0. The molecule has 1 aromatic rings.